The maximum Gasteiger partial charge on any atom is 0.108 e. The van der Waals surface area contributed by atoms with Crippen molar-refractivity contribution in [1.82, 2.24) is 4.98 Å². The van der Waals surface area contributed by atoms with E-state index >= 15 is 0 Å². The minimum atomic E-state index is -0.717. The van der Waals surface area contributed by atoms with Crippen LogP contribution in [0.5, 0.6) is 0 Å². The first-order valence-corrected chi connectivity index (χ1v) is 9.03. The van der Waals surface area contributed by atoms with Crippen LogP contribution in [0.1, 0.15) is 17.2 Å². The quantitative estimate of drug-likeness (QED) is 0.526. The number of nitrogens with zero attached hydrogens (tertiary/aromatic N) is 1. The summed E-state index contributed by atoms with van der Waals surface area (Å²) >= 11 is 1.67. The molecule has 4 rings (SSSR count). The molecule has 1 unspecified atom stereocenters. The zero-order valence-electron chi connectivity index (χ0n) is 13.5. The zero-order chi connectivity index (χ0) is 17.1. The number of pyridine rings is 1. The Hall–Kier alpha value is -2.75. The maximum atomic E-state index is 11.1. The molecule has 0 amide bonds. The number of hydrogen-bond acceptors (Lipinski definition) is 3. The van der Waals surface area contributed by atoms with E-state index in [4.69, 9.17) is 0 Å². The Labute approximate surface area is 151 Å². The molecule has 0 bridgehead atoms. The summed E-state index contributed by atoms with van der Waals surface area (Å²) in [5.41, 5.74) is 5.04. The molecule has 25 heavy (non-hydrogen) atoms. The third-order valence-electron chi connectivity index (χ3n) is 4.22. The highest BCUT2D eigenvalue weighted by Gasteiger charge is 2.22. The van der Waals surface area contributed by atoms with Gasteiger partial charge in [-0.3, -0.25) is 4.98 Å². The van der Waals surface area contributed by atoms with Crippen LogP contribution in [0.2, 0.25) is 0 Å². The molecule has 0 saturated heterocycles. The van der Waals surface area contributed by atoms with Crippen LogP contribution < -0.4 is 0 Å². The maximum absolute atomic E-state index is 11.1. The SMILES string of the molecule is OC(c1cccnc1)c1c(-c2ccccc2)csc1-c1ccccc1. The molecule has 1 atom stereocenters. The Kier molecular flexibility index (Phi) is 4.42. The third kappa shape index (κ3) is 3.12. The molecule has 2 aromatic carbocycles. The van der Waals surface area contributed by atoms with Gasteiger partial charge in [0, 0.05) is 28.4 Å². The predicted octanol–water partition coefficient (Wildman–Crippen LogP) is 5.56. The average Bonchev–Trinajstić information content (AvgIpc) is 3.14. The van der Waals surface area contributed by atoms with Crippen molar-refractivity contribution < 1.29 is 5.11 Å². The number of aliphatic hydroxyl groups is 1. The van der Waals surface area contributed by atoms with Crippen LogP contribution >= 0.6 is 11.3 Å². The van der Waals surface area contributed by atoms with Crippen LogP contribution in [0.15, 0.2) is 90.6 Å². The molecule has 2 nitrogen and oxygen atoms in total. The van der Waals surface area contributed by atoms with E-state index in [1.54, 1.807) is 23.7 Å². The summed E-state index contributed by atoms with van der Waals surface area (Å²) in [6.45, 7) is 0. The summed E-state index contributed by atoms with van der Waals surface area (Å²) in [6, 6.07) is 24.2. The van der Waals surface area contributed by atoms with Gasteiger partial charge < -0.3 is 5.11 Å². The highest BCUT2D eigenvalue weighted by Crippen LogP contribution is 2.43. The Morgan fingerprint density at radius 1 is 0.800 bits per heavy atom. The molecule has 4 aromatic rings. The van der Waals surface area contributed by atoms with Crippen LogP contribution in [0.3, 0.4) is 0 Å². The van der Waals surface area contributed by atoms with Crippen molar-refractivity contribution in [2.75, 3.05) is 0 Å². The Balaban J connectivity index is 1.91. The minimum absolute atomic E-state index is 0.717. The van der Waals surface area contributed by atoms with E-state index in [2.05, 4.69) is 34.6 Å². The van der Waals surface area contributed by atoms with Crippen LogP contribution in [0, 0.1) is 0 Å². The fourth-order valence-electron chi connectivity index (χ4n) is 3.00. The lowest BCUT2D eigenvalue weighted by Gasteiger charge is -2.15. The fraction of sp³-hybridized carbons (Fsp3) is 0.0455. The summed E-state index contributed by atoms with van der Waals surface area (Å²) in [5.74, 6) is 0. The number of benzene rings is 2. The molecule has 0 fully saturated rings. The molecule has 0 spiro atoms. The van der Waals surface area contributed by atoms with E-state index in [0.29, 0.717) is 0 Å². The van der Waals surface area contributed by atoms with Crippen molar-refractivity contribution in [3.63, 3.8) is 0 Å². The molecule has 0 aliphatic heterocycles. The van der Waals surface area contributed by atoms with Gasteiger partial charge in [-0.25, -0.2) is 0 Å². The molecule has 3 heteroatoms. The summed E-state index contributed by atoms with van der Waals surface area (Å²) in [4.78, 5) is 5.26. The van der Waals surface area contributed by atoms with Gasteiger partial charge in [-0.2, -0.15) is 0 Å². The molecule has 2 aromatic heterocycles. The van der Waals surface area contributed by atoms with Crippen molar-refractivity contribution in [1.29, 1.82) is 0 Å². The fourth-order valence-corrected chi connectivity index (χ4v) is 4.12. The van der Waals surface area contributed by atoms with Gasteiger partial charge in [0.2, 0.25) is 0 Å². The normalized spacial score (nSPS) is 12.0. The first kappa shape index (κ1) is 15.8. The smallest absolute Gasteiger partial charge is 0.108 e. The molecule has 0 aliphatic carbocycles. The van der Waals surface area contributed by atoms with E-state index in [0.717, 1.165) is 32.7 Å². The molecule has 122 valence electrons. The Bertz CT molecular complexity index is 892. The Morgan fingerprint density at radius 2 is 1.48 bits per heavy atom. The van der Waals surface area contributed by atoms with Crippen molar-refractivity contribution in [2.24, 2.45) is 0 Å². The minimum Gasteiger partial charge on any atom is -0.384 e. The van der Waals surface area contributed by atoms with E-state index in [1.807, 2.05) is 48.5 Å². The summed E-state index contributed by atoms with van der Waals surface area (Å²) in [6.07, 6.45) is 2.73. The average molecular weight is 343 g/mol. The third-order valence-corrected chi connectivity index (χ3v) is 5.27. The van der Waals surface area contributed by atoms with Gasteiger partial charge in [-0.15, -0.1) is 11.3 Å². The van der Waals surface area contributed by atoms with Crippen molar-refractivity contribution in [2.45, 2.75) is 6.10 Å². The number of rotatable bonds is 4. The standard InChI is InChI=1S/C22H17NOS/c24-21(18-12-7-13-23-14-18)20-19(16-8-3-1-4-9-16)15-25-22(20)17-10-5-2-6-11-17/h1-15,21,24H. The lowest BCUT2D eigenvalue weighted by molar-refractivity contribution is 0.221. The topological polar surface area (TPSA) is 33.1 Å². The first-order valence-electron chi connectivity index (χ1n) is 8.15. The second kappa shape index (κ2) is 7.01. The van der Waals surface area contributed by atoms with Gasteiger partial charge in [0.05, 0.1) is 0 Å². The molecular weight excluding hydrogens is 326 g/mol. The number of aliphatic hydroxyl groups excluding tert-OH is 1. The molecule has 0 saturated carbocycles. The second-order valence-electron chi connectivity index (χ2n) is 5.81. The molecule has 1 N–H and O–H groups in total. The van der Waals surface area contributed by atoms with Gasteiger partial charge >= 0.3 is 0 Å². The number of hydrogen-bond donors (Lipinski definition) is 1. The molecule has 0 aliphatic rings. The van der Waals surface area contributed by atoms with Gasteiger partial charge in [0.1, 0.15) is 6.10 Å². The van der Waals surface area contributed by atoms with Crippen LogP contribution in [-0.4, -0.2) is 10.1 Å². The zero-order valence-corrected chi connectivity index (χ0v) is 14.4. The predicted molar refractivity (Wildman–Crippen MR) is 103 cm³/mol. The van der Waals surface area contributed by atoms with Crippen molar-refractivity contribution in [3.05, 3.63) is 102 Å². The second-order valence-corrected chi connectivity index (χ2v) is 6.69. The largest absolute Gasteiger partial charge is 0.384 e. The number of thiophene rings is 1. The molecule has 0 radical (unpaired) electrons. The van der Waals surface area contributed by atoms with E-state index in [-0.39, 0.29) is 0 Å². The lowest BCUT2D eigenvalue weighted by Crippen LogP contribution is -2.02. The van der Waals surface area contributed by atoms with Gasteiger partial charge in [0.25, 0.3) is 0 Å². The monoisotopic (exact) mass is 343 g/mol. The summed E-state index contributed by atoms with van der Waals surface area (Å²) in [7, 11) is 0. The first-order chi connectivity index (χ1) is 12.3. The Morgan fingerprint density at radius 3 is 2.12 bits per heavy atom. The van der Waals surface area contributed by atoms with Crippen molar-refractivity contribution >= 4 is 11.3 Å². The summed E-state index contributed by atoms with van der Waals surface area (Å²) < 4.78 is 0. The van der Waals surface area contributed by atoms with E-state index in [1.165, 1.54) is 0 Å². The highest BCUT2D eigenvalue weighted by molar-refractivity contribution is 7.14. The van der Waals surface area contributed by atoms with Crippen LogP contribution in [0.25, 0.3) is 21.6 Å². The molecule has 2 heterocycles. The van der Waals surface area contributed by atoms with Gasteiger partial charge in [-0.05, 0) is 28.1 Å². The van der Waals surface area contributed by atoms with E-state index < -0.39 is 6.10 Å². The van der Waals surface area contributed by atoms with Crippen molar-refractivity contribution in [3.8, 4) is 21.6 Å². The van der Waals surface area contributed by atoms with Gasteiger partial charge in [-0.1, -0.05) is 66.7 Å². The summed E-state index contributed by atoms with van der Waals surface area (Å²) in [5, 5.41) is 13.3. The van der Waals surface area contributed by atoms with Crippen LogP contribution in [-0.2, 0) is 0 Å². The lowest BCUT2D eigenvalue weighted by atomic mass is 9.93. The highest BCUT2D eigenvalue weighted by atomic mass is 32.1. The van der Waals surface area contributed by atoms with E-state index in [9.17, 15) is 5.11 Å². The van der Waals surface area contributed by atoms with Crippen LogP contribution in [0.4, 0.5) is 0 Å². The van der Waals surface area contributed by atoms with Gasteiger partial charge in [0.15, 0.2) is 0 Å². The number of aromatic nitrogens is 1. The molecular formula is C22H17NOS.